The van der Waals surface area contributed by atoms with E-state index in [-0.39, 0.29) is 24.5 Å². The number of hydrogen-bond donors (Lipinski definition) is 1. The summed E-state index contributed by atoms with van der Waals surface area (Å²) >= 11 is 1.37. The van der Waals surface area contributed by atoms with Crippen molar-refractivity contribution in [2.24, 2.45) is 0 Å². The Bertz CT molecular complexity index is 695. The van der Waals surface area contributed by atoms with Crippen LogP contribution in [0.1, 0.15) is 22.5 Å². The molecule has 1 aliphatic rings. The summed E-state index contributed by atoms with van der Waals surface area (Å²) in [7, 11) is 1.59. The summed E-state index contributed by atoms with van der Waals surface area (Å²) in [4.78, 5) is 26.3. The number of carbonyl (C=O) groups is 2. The molecule has 0 saturated carbocycles. The summed E-state index contributed by atoms with van der Waals surface area (Å²) in [5.41, 5.74) is 0.819. The van der Waals surface area contributed by atoms with Gasteiger partial charge in [-0.15, -0.1) is 11.3 Å². The number of hydrogen-bond acceptors (Lipinski definition) is 4. The fraction of sp³-hybridized carbons (Fsp3) is 0.375. The van der Waals surface area contributed by atoms with E-state index in [0.29, 0.717) is 17.8 Å². The van der Waals surface area contributed by atoms with Crippen LogP contribution >= 0.6 is 11.3 Å². The van der Waals surface area contributed by atoms with Crippen LogP contribution in [0.4, 0.5) is 0 Å². The Kier molecular flexibility index (Phi) is 4.49. The van der Waals surface area contributed by atoms with E-state index in [1.54, 1.807) is 12.0 Å². The molecule has 3 rings (SSSR count). The minimum Gasteiger partial charge on any atom is -0.481 e. The molecule has 1 saturated heterocycles. The standard InChI is InChI=1S/C16H18N2O4S/c1-22-12-8-11(9-14(19)20)18(10-12)16(21)15-13(4-7-23-15)17-5-2-3-6-17/h2-7,11-12H,8-10H2,1H3,(H,19,20). The van der Waals surface area contributed by atoms with Crippen molar-refractivity contribution in [2.75, 3.05) is 13.7 Å². The van der Waals surface area contributed by atoms with Gasteiger partial charge in [0.05, 0.1) is 18.2 Å². The monoisotopic (exact) mass is 334 g/mol. The number of aromatic nitrogens is 1. The second-order valence-electron chi connectivity index (χ2n) is 5.53. The summed E-state index contributed by atoms with van der Waals surface area (Å²) in [6, 6.07) is 5.37. The van der Waals surface area contributed by atoms with E-state index < -0.39 is 5.97 Å². The number of amides is 1. The molecule has 3 heterocycles. The molecule has 1 amide bonds. The minimum absolute atomic E-state index is 0.0597. The topological polar surface area (TPSA) is 71.8 Å². The molecule has 2 atom stereocenters. The third-order valence-corrected chi connectivity index (χ3v) is 4.99. The Morgan fingerprint density at radius 1 is 1.39 bits per heavy atom. The Hall–Kier alpha value is -2.12. The number of methoxy groups -OCH3 is 1. The fourth-order valence-electron chi connectivity index (χ4n) is 2.98. The van der Waals surface area contributed by atoms with Gasteiger partial charge < -0.3 is 19.3 Å². The Balaban J connectivity index is 1.87. The van der Waals surface area contributed by atoms with Gasteiger partial charge in [0.25, 0.3) is 5.91 Å². The lowest BCUT2D eigenvalue weighted by molar-refractivity contribution is -0.137. The zero-order valence-electron chi connectivity index (χ0n) is 12.7. The van der Waals surface area contributed by atoms with Crippen molar-refractivity contribution >= 4 is 23.2 Å². The zero-order chi connectivity index (χ0) is 16.4. The van der Waals surface area contributed by atoms with Crippen LogP contribution in [0.3, 0.4) is 0 Å². The summed E-state index contributed by atoms with van der Waals surface area (Å²) in [5.74, 6) is -1.03. The number of nitrogens with zero attached hydrogens (tertiary/aromatic N) is 2. The number of carboxylic acids is 1. The molecule has 1 fully saturated rings. The number of carbonyl (C=O) groups excluding carboxylic acids is 1. The van der Waals surface area contributed by atoms with Crippen molar-refractivity contribution in [1.29, 1.82) is 0 Å². The van der Waals surface area contributed by atoms with Crippen LogP contribution in [0.25, 0.3) is 5.69 Å². The van der Waals surface area contributed by atoms with E-state index in [1.807, 2.05) is 40.5 Å². The van der Waals surface area contributed by atoms with Gasteiger partial charge in [0.1, 0.15) is 4.88 Å². The van der Waals surface area contributed by atoms with Gasteiger partial charge >= 0.3 is 5.97 Å². The molecule has 7 heteroatoms. The molecule has 2 aromatic heterocycles. The first kappa shape index (κ1) is 15.8. The highest BCUT2D eigenvalue weighted by atomic mass is 32.1. The highest BCUT2D eigenvalue weighted by Gasteiger charge is 2.38. The lowest BCUT2D eigenvalue weighted by Crippen LogP contribution is -2.37. The van der Waals surface area contributed by atoms with Gasteiger partial charge in [0, 0.05) is 32.1 Å². The SMILES string of the molecule is COC1CC(CC(=O)O)N(C(=O)c2sccc2-n2cccc2)C1. The zero-order valence-corrected chi connectivity index (χ0v) is 13.5. The molecular weight excluding hydrogens is 316 g/mol. The van der Waals surface area contributed by atoms with Crippen molar-refractivity contribution in [2.45, 2.75) is 25.0 Å². The van der Waals surface area contributed by atoms with Crippen LogP contribution in [0.15, 0.2) is 36.0 Å². The smallest absolute Gasteiger partial charge is 0.305 e. The molecule has 1 N–H and O–H groups in total. The van der Waals surface area contributed by atoms with Crippen molar-refractivity contribution < 1.29 is 19.4 Å². The summed E-state index contributed by atoms with van der Waals surface area (Å²) in [5, 5.41) is 11.0. The average Bonchev–Trinajstić information content (AvgIpc) is 3.25. The Labute approximate surface area is 137 Å². The largest absolute Gasteiger partial charge is 0.481 e. The van der Waals surface area contributed by atoms with E-state index >= 15 is 0 Å². The normalized spacial score (nSPS) is 20.8. The number of rotatable bonds is 5. The van der Waals surface area contributed by atoms with Crippen molar-refractivity contribution in [3.8, 4) is 5.69 Å². The highest BCUT2D eigenvalue weighted by Crippen LogP contribution is 2.29. The number of aliphatic carboxylic acids is 1. The molecule has 0 aliphatic carbocycles. The number of carboxylic acid groups (broad SMARTS) is 1. The summed E-state index contributed by atoms with van der Waals surface area (Å²) < 4.78 is 7.22. The van der Waals surface area contributed by atoms with Crippen LogP contribution in [0, 0.1) is 0 Å². The predicted octanol–water partition coefficient (Wildman–Crippen LogP) is 2.24. The minimum atomic E-state index is -0.902. The van der Waals surface area contributed by atoms with E-state index in [1.165, 1.54) is 11.3 Å². The van der Waals surface area contributed by atoms with Gasteiger partial charge in [-0.25, -0.2) is 0 Å². The van der Waals surface area contributed by atoms with Crippen LogP contribution in [-0.4, -0.2) is 52.3 Å². The molecule has 122 valence electrons. The fourth-order valence-corrected chi connectivity index (χ4v) is 3.82. The lowest BCUT2D eigenvalue weighted by atomic mass is 10.1. The van der Waals surface area contributed by atoms with Crippen molar-refractivity contribution in [1.82, 2.24) is 9.47 Å². The van der Waals surface area contributed by atoms with E-state index in [2.05, 4.69) is 0 Å². The molecule has 6 nitrogen and oxygen atoms in total. The van der Waals surface area contributed by atoms with Crippen LogP contribution in [0.5, 0.6) is 0 Å². The van der Waals surface area contributed by atoms with Crippen LogP contribution in [0.2, 0.25) is 0 Å². The maximum absolute atomic E-state index is 13.0. The average molecular weight is 334 g/mol. The lowest BCUT2D eigenvalue weighted by Gasteiger charge is -2.23. The maximum Gasteiger partial charge on any atom is 0.305 e. The van der Waals surface area contributed by atoms with Crippen LogP contribution < -0.4 is 0 Å². The predicted molar refractivity (Wildman–Crippen MR) is 86.1 cm³/mol. The Morgan fingerprint density at radius 2 is 2.13 bits per heavy atom. The van der Waals surface area contributed by atoms with Crippen molar-refractivity contribution in [3.63, 3.8) is 0 Å². The van der Waals surface area contributed by atoms with Gasteiger partial charge in [0.2, 0.25) is 0 Å². The van der Waals surface area contributed by atoms with Gasteiger partial charge in [0.15, 0.2) is 0 Å². The number of thiophene rings is 1. The van der Waals surface area contributed by atoms with Gasteiger partial charge in [-0.1, -0.05) is 0 Å². The molecule has 2 aromatic rings. The molecule has 0 aromatic carbocycles. The van der Waals surface area contributed by atoms with E-state index in [0.717, 1.165) is 5.69 Å². The summed E-state index contributed by atoms with van der Waals surface area (Å²) in [6.07, 6.45) is 4.15. The highest BCUT2D eigenvalue weighted by molar-refractivity contribution is 7.12. The Morgan fingerprint density at radius 3 is 2.78 bits per heavy atom. The van der Waals surface area contributed by atoms with Gasteiger partial charge in [-0.3, -0.25) is 9.59 Å². The summed E-state index contributed by atoms with van der Waals surface area (Å²) in [6.45, 7) is 0.427. The molecule has 2 unspecified atom stereocenters. The first-order valence-corrected chi connectivity index (χ1v) is 8.24. The quantitative estimate of drug-likeness (QED) is 0.910. The van der Waals surface area contributed by atoms with Crippen molar-refractivity contribution in [3.05, 3.63) is 40.8 Å². The first-order valence-electron chi connectivity index (χ1n) is 7.36. The first-order chi connectivity index (χ1) is 11.1. The second kappa shape index (κ2) is 6.55. The molecule has 0 bridgehead atoms. The molecule has 0 spiro atoms. The third-order valence-electron chi connectivity index (χ3n) is 4.10. The molecule has 1 aliphatic heterocycles. The van der Waals surface area contributed by atoms with E-state index in [9.17, 15) is 9.59 Å². The second-order valence-corrected chi connectivity index (χ2v) is 6.44. The van der Waals surface area contributed by atoms with Gasteiger partial charge in [-0.2, -0.15) is 0 Å². The maximum atomic E-state index is 13.0. The number of ether oxygens (including phenoxy) is 1. The molecular formula is C16H18N2O4S. The molecule has 23 heavy (non-hydrogen) atoms. The molecule has 0 radical (unpaired) electrons. The number of likely N-dealkylation sites (tertiary alicyclic amines) is 1. The van der Waals surface area contributed by atoms with Gasteiger partial charge in [-0.05, 0) is 30.0 Å². The third kappa shape index (κ3) is 3.16. The van der Waals surface area contributed by atoms with E-state index in [4.69, 9.17) is 9.84 Å². The van der Waals surface area contributed by atoms with Crippen LogP contribution in [-0.2, 0) is 9.53 Å².